The van der Waals surface area contributed by atoms with E-state index in [1.165, 1.54) is 17.3 Å². The summed E-state index contributed by atoms with van der Waals surface area (Å²) in [6, 6.07) is 15.4. The first-order valence-electron chi connectivity index (χ1n) is 8.92. The summed E-state index contributed by atoms with van der Waals surface area (Å²) in [7, 11) is 1.94. The van der Waals surface area contributed by atoms with Gasteiger partial charge in [0.25, 0.3) is 0 Å². The molecule has 0 N–H and O–H groups in total. The Morgan fingerprint density at radius 3 is 2.54 bits per heavy atom. The molecular weight excluding hydrogens is 394 g/mol. The van der Waals surface area contributed by atoms with Crippen LogP contribution in [0.1, 0.15) is 19.4 Å². The highest BCUT2D eigenvalue weighted by atomic mass is 35.5. The third-order valence-electron chi connectivity index (χ3n) is 4.80. The molecule has 0 unspecified atom stereocenters. The Bertz CT molecular complexity index is 939. The van der Waals surface area contributed by atoms with Gasteiger partial charge in [0.05, 0.1) is 10.8 Å². The Kier molecular flexibility index (Phi) is 6.16. The highest BCUT2D eigenvalue weighted by Gasteiger charge is 2.38. The topological polar surface area (TPSA) is 46.6 Å². The van der Waals surface area contributed by atoms with Crippen molar-refractivity contribution in [2.45, 2.75) is 24.2 Å². The van der Waals surface area contributed by atoms with E-state index in [4.69, 9.17) is 16.3 Å². The number of para-hydroxylation sites is 1. The molecule has 0 bridgehead atoms. The Labute approximate surface area is 174 Å². The quantitative estimate of drug-likeness (QED) is 0.383. The van der Waals surface area contributed by atoms with Gasteiger partial charge in [-0.25, -0.2) is 0 Å². The number of anilines is 1. The SMILES string of the molecule is CN1/C(=C\C(=O)COC(=O)CSc2ccccc2Cl)C(C)(C)c2ccccc21. The van der Waals surface area contributed by atoms with Gasteiger partial charge in [0, 0.05) is 34.8 Å². The maximum Gasteiger partial charge on any atom is 0.316 e. The normalized spacial score (nSPS) is 16.1. The second kappa shape index (κ2) is 8.41. The molecule has 1 heterocycles. The summed E-state index contributed by atoms with van der Waals surface area (Å²) in [6.45, 7) is 3.90. The number of esters is 1. The minimum absolute atomic E-state index is 0.102. The number of ketones is 1. The molecule has 1 aliphatic heterocycles. The van der Waals surface area contributed by atoms with E-state index in [0.717, 1.165) is 16.3 Å². The van der Waals surface area contributed by atoms with E-state index < -0.39 is 5.97 Å². The zero-order valence-corrected chi connectivity index (χ0v) is 17.6. The summed E-state index contributed by atoms with van der Waals surface area (Å²) in [5, 5.41) is 0.590. The van der Waals surface area contributed by atoms with Crippen LogP contribution in [-0.4, -0.2) is 31.2 Å². The highest BCUT2D eigenvalue weighted by molar-refractivity contribution is 8.00. The van der Waals surface area contributed by atoms with E-state index in [2.05, 4.69) is 19.9 Å². The minimum atomic E-state index is -0.445. The van der Waals surface area contributed by atoms with Crippen LogP contribution in [0, 0.1) is 0 Å². The summed E-state index contributed by atoms with van der Waals surface area (Å²) in [5.74, 6) is -0.581. The fourth-order valence-electron chi connectivity index (χ4n) is 3.34. The Morgan fingerprint density at radius 1 is 1.14 bits per heavy atom. The molecule has 2 aromatic carbocycles. The molecule has 0 aromatic heterocycles. The number of allylic oxidation sites excluding steroid dienone is 1. The molecule has 6 heteroatoms. The van der Waals surface area contributed by atoms with E-state index in [1.807, 2.05) is 48.3 Å². The van der Waals surface area contributed by atoms with Gasteiger partial charge in [0.15, 0.2) is 12.4 Å². The van der Waals surface area contributed by atoms with E-state index >= 15 is 0 Å². The number of rotatable bonds is 6. The van der Waals surface area contributed by atoms with Gasteiger partial charge < -0.3 is 9.64 Å². The number of hydrogen-bond acceptors (Lipinski definition) is 5. The summed E-state index contributed by atoms with van der Waals surface area (Å²) < 4.78 is 5.14. The smallest absolute Gasteiger partial charge is 0.316 e. The molecule has 146 valence electrons. The van der Waals surface area contributed by atoms with Crippen LogP contribution in [0.4, 0.5) is 5.69 Å². The molecule has 0 amide bonds. The van der Waals surface area contributed by atoms with Crippen LogP contribution in [0.2, 0.25) is 5.02 Å². The first-order chi connectivity index (χ1) is 13.3. The van der Waals surface area contributed by atoms with Gasteiger partial charge >= 0.3 is 5.97 Å². The van der Waals surface area contributed by atoms with Gasteiger partial charge in [0.1, 0.15) is 0 Å². The molecule has 0 spiro atoms. The van der Waals surface area contributed by atoms with Crippen molar-refractivity contribution >= 4 is 40.8 Å². The molecular formula is C22H22ClNO3S. The van der Waals surface area contributed by atoms with Gasteiger partial charge in [-0.1, -0.05) is 55.8 Å². The highest BCUT2D eigenvalue weighted by Crippen LogP contribution is 2.46. The van der Waals surface area contributed by atoms with Crippen molar-refractivity contribution in [2.75, 3.05) is 24.3 Å². The number of halogens is 1. The van der Waals surface area contributed by atoms with Crippen LogP contribution in [0.5, 0.6) is 0 Å². The number of hydrogen-bond donors (Lipinski definition) is 0. The predicted octanol–water partition coefficient (Wildman–Crippen LogP) is 4.86. The van der Waals surface area contributed by atoms with Crippen LogP contribution in [-0.2, 0) is 19.7 Å². The standard InChI is InChI=1S/C22H22ClNO3S/c1-22(2)16-8-4-6-10-18(16)24(3)20(22)12-15(25)13-27-21(26)14-28-19-11-7-5-9-17(19)23/h4-12H,13-14H2,1-3H3/b20-12-. The summed E-state index contributed by atoms with van der Waals surface area (Å²) in [5.41, 5.74) is 2.86. The van der Waals surface area contributed by atoms with E-state index in [0.29, 0.717) is 5.02 Å². The zero-order valence-electron chi connectivity index (χ0n) is 16.1. The molecule has 4 nitrogen and oxygen atoms in total. The monoisotopic (exact) mass is 415 g/mol. The Balaban J connectivity index is 1.58. The van der Waals surface area contributed by atoms with Crippen molar-refractivity contribution < 1.29 is 14.3 Å². The molecule has 0 aliphatic carbocycles. The van der Waals surface area contributed by atoms with Crippen LogP contribution in [0.25, 0.3) is 0 Å². The van der Waals surface area contributed by atoms with E-state index in [1.54, 1.807) is 12.1 Å². The first kappa shape index (κ1) is 20.5. The maximum atomic E-state index is 12.4. The summed E-state index contributed by atoms with van der Waals surface area (Å²) >= 11 is 7.36. The molecule has 0 radical (unpaired) electrons. The Hall–Kier alpha value is -2.24. The molecule has 2 aromatic rings. The van der Waals surface area contributed by atoms with Crippen LogP contribution < -0.4 is 4.90 Å². The second-order valence-corrected chi connectivity index (χ2v) is 8.50. The van der Waals surface area contributed by atoms with Crippen molar-refractivity contribution in [3.05, 3.63) is 70.9 Å². The van der Waals surface area contributed by atoms with E-state index in [9.17, 15) is 9.59 Å². The molecule has 0 fully saturated rings. The second-order valence-electron chi connectivity index (χ2n) is 7.08. The van der Waals surface area contributed by atoms with Crippen molar-refractivity contribution in [3.8, 4) is 0 Å². The molecule has 28 heavy (non-hydrogen) atoms. The number of thioether (sulfide) groups is 1. The van der Waals surface area contributed by atoms with Gasteiger partial charge in [-0.15, -0.1) is 11.8 Å². The minimum Gasteiger partial charge on any atom is -0.457 e. The average molecular weight is 416 g/mol. The third-order valence-corrected chi connectivity index (χ3v) is 6.28. The number of fused-ring (bicyclic) bond motifs is 1. The average Bonchev–Trinajstić information content (AvgIpc) is 2.87. The molecule has 0 atom stereocenters. The van der Waals surface area contributed by atoms with Crippen molar-refractivity contribution in [1.82, 2.24) is 0 Å². The summed E-state index contributed by atoms with van der Waals surface area (Å²) in [4.78, 5) is 27.2. The van der Waals surface area contributed by atoms with Crippen LogP contribution in [0.15, 0.2) is 65.2 Å². The van der Waals surface area contributed by atoms with Gasteiger partial charge in [-0.05, 0) is 23.8 Å². The van der Waals surface area contributed by atoms with Gasteiger partial charge in [-0.3, -0.25) is 9.59 Å². The molecule has 0 saturated heterocycles. The van der Waals surface area contributed by atoms with Crippen LogP contribution >= 0.6 is 23.4 Å². The predicted molar refractivity (Wildman–Crippen MR) is 114 cm³/mol. The third kappa shape index (κ3) is 4.26. The maximum absolute atomic E-state index is 12.4. The van der Waals surface area contributed by atoms with Crippen molar-refractivity contribution in [2.24, 2.45) is 0 Å². The number of carbonyl (C=O) groups excluding carboxylic acids is 2. The van der Waals surface area contributed by atoms with Gasteiger partial charge in [0.2, 0.25) is 0 Å². The number of ether oxygens (including phenoxy) is 1. The lowest BCUT2D eigenvalue weighted by atomic mass is 9.83. The fourth-order valence-corrected chi connectivity index (χ4v) is 4.38. The largest absolute Gasteiger partial charge is 0.457 e. The Morgan fingerprint density at radius 2 is 1.82 bits per heavy atom. The lowest BCUT2D eigenvalue weighted by molar-refractivity contribution is -0.144. The number of carbonyl (C=O) groups is 2. The first-order valence-corrected chi connectivity index (χ1v) is 10.3. The van der Waals surface area contributed by atoms with Gasteiger partial charge in [-0.2, -0.15) is 0 Å². The molecule has 1 aliphatic rings. The molecule has 0 saturated carbocycles. The lowest BCUT2D eigenvalue weighted by Gasteiger charge is -2.23. The number of nitrogens with zero attached hydrogens (tertiary/aromatic N) is 1. The van der Waals surface area contributed by atoms with Crippen molar-refractivity contribution in [1.29, 1.82) is 0 Å². The zero-order chi connectivity index (χ0) is 20.3. The number of benzene rings is 2. The molecule has 3 rings (SSSR count). The van der Waals surface area contributed by atoms with E-state index in [-0.39, 0.29) is 23.6 Å². The fraction of sp³-hybridized carbons (Fsp3) is 0.273. The summed E-state index contributed by atoms with van der Waals surface area (Å²) in [6.07, 6.45) is 1.58. The van der Waals surface area contributed by atoms with Crippen molar-refractivity contribution in [3.63, 3.8) is 0 Å². The number of likely N-dealkylation sites (N-methyl/N-ethyl adjacent to an activating group) is 1. The van der Waals surface area contributed by atoms with Crippen LogP contribution in [0.3, 0.4) is 0 Å². The lowest BCUT2D eigenvalue weighted by Crippen LogP contribution is -2.25.